The van der Waals surface area contributed by atoms with Gasteiger partial charge in [-0.25, -0.2) is 9.48 Å². The summed E-state index contributed by atoms with van der Waals surface area (Å²) in [6, 6.07) is 0.0480. The number of aromatic carboxylic acids is 1. The fourth-order valence-corrected chi connectivity index (χ4v) is 1.48. The minimum atomic E-state index is -1.12. The molecule has 1 aromatic rings. The van der Waals surface area contributed by atoms with E-state index in [-0.39, 0.29) is 11.9 Å². The van der Waals surface area contributed by atoms with E-state index in [9.17, 15) is 4.79 Å². The van der Waals surface area contributed by atoms with E-state index in [1.807, 2.05) is 0 Å². The predicted molar refractivity (Wildman–Crippen MR) is 48.2 cm³/mol. The van der Waals surface area contributed by atoms with Crippen LogP contribution in [0.1, 0.15) is 23.1 Å². The van der Waals surface area contributed by atoms with Crippen LogP contribution in [0.2, 0.25) is 0 Å². The van der Waals surface area contributed by atoms with Crippen molar-refractivity contribution in [1.82, 2.24) is 14.8 Å². The number of nitrogens with one attached hydrogen (secondary N) is 1. The molecular formula is C7H11N5O2. The zero-order valence-corrected chi connectivity index (χ0v) is 7.47. The SMILES string of the molecule is NCC1CCNc2nc(C(=O)O)nn21. The Hall–Kier alpha value is -1.63. The molecule has 1 aromatic heterocycles. The van der Waals surface area contributed by atoms with Crippen molar-refractivity contribution in [3.05, 3.63) is 5.82 Å². The third kappa shape index (κ3) is 1.31. The van der Waals surface area contributed by atoms with Crippen molar-refractivity contribution in [2.24, 2.45) is 5.73 Å². The van der Waals surface area contributed by atoms with Gasteiger partial charge in [-0.15, -0.1) is 5.10 Å². The van der Waals surface area contributed by atoms with Gasteiger partial charge in [-0.2, -0.15) is 4.98 Å². The van der Waals surface area contributed by atoms with E-state index in [1.165, 1.54) is 0 Å². The maximum atomic E-state index is 10.6. The number of fused-ring (bicyclic) bond motifs is 1. The Morgan fingerprint density at radius 2 is 2.57 bits per heavy atom. The monoisotopic (exact) mass is 197 g/mol. The molecule has 0 saturated carbocycles. The highest BCUT2D eigenvalue weighted by atomic mass is 16.4. The number of hydrogen-bond donors (Lipinski definition) is 3. The fourth-order valence-electron chi connectivity index (χ4n) is 1.48. The van der Waals surface area contributed by atoms with Crippen molar-refractivity contribution in [3.8, 4) is 0 Å². The molecule has 0 aliphatic carbocycles. The number of hydrogen-bond acceptors (Lipinski definition) is 5. The average Bonchev–Trinajstić information content (AvgIpc) is 2.60. The smallest absolute Gasteiger partial charge is 0.375 e. The number of aromatic nitrogens is 3. The summed E-state index contributed by atoms with van der Waals surface area (Å²) in [7, 11) is 0. The summed E-state index contributed by atoms with van der Waals surface area (Å²) in [5, 5.41) is 15.5. The van der Waals surface area contributed by atoms with Crippen molar-refractivity contribution in [3.63, 3.8) is 0 Å². The average molecular weight is 197 g/mol. The first-order valence-corrected chi connectivity index (χ1v) is 4.36. The zero-order chi connectivity index (χ0) is 10.1. The second-order valence-corrected chi connectivity index (χ2v) is 3.11. The molecule has 1 aliphatic rings. The molecule has 2 rings (SSSR count). The molecule has 4 N–H and O–H groups in total. The molecule has 0 fully saturated rings. The number of anilines is 1. The lowest BCUT2D eigenvalue weighted by molar-refractivity contribution is 0.0683. The first kappa shape index (κ1) is 8.95. The molecule has 0 bridgehead atoms. The Balaban J connectivity index is 2.38. The molecule has 1 atom stereocenters. The minimum absolute atomic E-state index is 0.0480. The van der Waals surface area contributed by atoms with Gasteiger partial charge in [0.2, 0.25) is 5.95 Å². The van der Waals surface area contributed by atoms with Crippen LogP contribution in [-0.2, 0) is 0 Å². The highest BCUT2D eigenvalue weighted by Crippen LogP contribution is 2.20. The van der Waals surface area contributed by atoms with Gasteiger partial charge in [-0.05, 0) is 6.42 Å². The topological polar surface area (TPSA) is 106 Å². The number of carbonyl (C=O) groups is 1. The van der Waals surface area contributed by atoms with Crippen LogP contribution in [-0.4, -0.2) is 38.9 Å². The minimum Gasteiger partial charge on any atom is -0.475 e. The highest BCUT2D eigenvalue weighted by molar-refractivity contribution is 5.83. The lowest BCUT2D eigenvalue weighted by atomic mass is 10.2. The summed E-state index contributed by atoms with van der Waals surface area (Å²) >= 11 is 0. The zero-order valence-electron chi connectivity index (χ0n) is 7.47. The lowest BCUT2D eigenvalue weighted by Crippen LogP contribution is -2.29. The van der Waals surface area contributed by atoms with E-state index in [2.05, 4.69) is 15.4 Å². The quantitative estimate of drug-likeness (QED) is 0.578. The maximum Gasteiger partial charge on any atom is 0.375 e. The van der Waals surface area contributed by atoms with Crippen LogP contribution >= 0.6 is 0 Å². The van der Waals surface area contributed by atoms with Crippen LogP contribution in [0.25, 0.3) is 0 Å². The van der Waals surface area contributed by atoms with E-state index < -0.39 is 5.97 Å². The van der Waals surface area contributed by atoms with Gasteiger partial charge in [0.15, 0.2) is 0 Å². The Morgan fingerprint density at radius 1 is 1.79 bits per heavy atom. The van der Waals surface area contributed by atoms with E-state index in [0.717, 1.165) is 13.0 Å². The molecule has 0 amide bonds. The Kier molecular flexibility index (Phi) is 2.08. The van der Waals surface area contributed by atoms with Gasteiger partial charge in [0.1, 0.15) is 0 Å². The second-order valence-electron chi connectivity index (χ2n) is 3.11. The molecule has 76 valence electrons. The molecule has 7 heteroatoms. The van der Waals surface area contributed by atoms with Crippen molar-refractivity contribution < 1.29 is 9.90 Å². The first-order chi connectivity index (χ1) is 6.72. The van der Waals surface area contributed by atoms with Crippen LogP contribution in [0.4, 0.5) is 5.95 Å². The van der Waals surface area contributed by atoms with Crippen LogP contribution < -0.4 is 11.1 Å². The molecule has 1 aliphatic heterocycles. The molecular weight excluding hydrogens is 186 g/mol. The summed E-state index contributed by atoms with van der Waals surface area (Å²) in [5.41, 5.74) is 5.54. The van der Waals surface area contributed by atoms with Crippen LogP contribution in [0, 0.1) is 0 Å². The standard InChI is InChI=1S/C7H11N5O2/c8-3-4-1-2-9-7-10-5(6(13)14)11-12(4)7/h4H,1-3,8H2,(H,13,14)(H,9,10,11). The largest absolute Gasteiger partial charge is 0.475 e. The van der Waals surface area contributed by atoms with Gasteiger partial charge < -0.3 is 16.2 Å². The Morgan fingerprint density at radius 3 is 3.21 bits per heavy atom. The van der Waals surface area contributed by atoms with E-state index >= 15 is 0 Å². The van der Waals surface area contributed by atoms with Crippen molar-refractivity contribution in [2.75, 3.05) is 18.4 Å². The van der Waals surface area contributed by atoms with E-state index in [1.54, 1.807) is 4.68 Å². The predicted octanol–water partition coefficient (Wildman–Crippen LogP) is -0.708. The van der Waals surface area contributed by atoms with Gasteiger partial charge in [0.05, 0.1) is 6.04 Å². The van der Waals surface area contributed by atoms with Crippen molar-refractivity contribution in [2.45, 2.75) is 12.5 Å². The summed E-state index contributed by atoms with van der Waals surface area (Å²) in [5.74, 6) is -0.818. The molecule has 14 heavy (non-hydrogen) atoms. The maximum absolute atomic E-state index is 10.6. The van der Waals surface area contributed by atoms with Gasteiger partial charge in [-0.3, -0.25) is 0 Å². The number of carboxylic acid groups (broad SMARTS) is 1. The lowest BCUT2D eigenvalue weighted by Gasteiger charge is -2.22. The molecule has 0 spiro atoms. The number of rotatable bonds is 2. The highest BCUT2D eigenvalue weighted by Gasteiger charge is 2.23. The summed E-state index contributed by atoms with van der Waals surface area (Å²) in [6.45, 7) is 1.19. The molecule has 0 aromatic carbocycles. The summed E-state index contributed by atoms with van der Waals surface area (Å²) < 4.78 is 1.55. The normalized spacial score (nSPS) is 19.9. The molecule has 0 radical (unpaired) electrons. The third-order valence-electron chi connectivity index (χ3n) is 2.20. The summed E-state index contributed by atoms with van der Waals surface area (Å²) in [6.07, 6.45) is 0.839. The van der Waals surface area contributed by atoms with Gasteiger partial charge in [0, 0.05) is 13.1 Å². The van der Waals surface area contributed by atoms with Gasteiger partial charge in [-0.1, -0.05) is 0 Å². The van der Waals surface area contributed by atoms with Crippen molar-refractivity contribution in [1.29, 1.82) is 0 Å². The number of carboxylic acids is 1. The Labute approximate surface area is 79.9 Å². The van der Waals surface area contributed by atoms with Crippen LogP contribution in [0.15, 0.2) is 0 Å². The number of nitrogens with two attached hydrogens (primary N) is 1. The molecule has 0 saturated heterocycles. The van der Waals surface area contributed by atoms with Crippen LogP contribution in [0.5, 0.6) is 0 Å². The van der Waals surface area contributed by atoms with Crippen molar-refractivity contribution >= 4 is 11.9 Å². The molecule has 7 nitrogen and oxygen atoms in total. The van der Waals surface area contributed by atoms with E-state index in [4.69, 9.17) is 10.8 Å². The number of nitrogens with zero attached hydrogens (tertiary/aromatic N) is 3. The second kappa shape index (κ2) is 3.26. The third-order valence-corrected chi connectivity index (χ3v) is 2.20. The van der Waals surface area contributed by atoms with E-state index in [0.29, 0.717) is 12.5 Å². The fraction of sp³-hybridized carbons (Fsp3) is 0.571. The Bertz CT molecular complexity index is 361. The summed E-state index contributed by atoms with van der Waals surface area (Å²) in [4.78, 5) is 14.5. The molecule has 1 unspecified atom stereocenters. The first-order valence-electron chi connectivity index (χ1n) is 4.36. The molecule has 2 heterocycles. The van der Waals surface area contributed by atoms with Gasteiger partial charge >= 0.3 is 5.97 Å². The van der Waals surface area contributed by atoms with Gasteiger partial charge in [0.25, 0.3) is 5.82 Å². The van der Waals surface area contributed by atoms with Crippen LogP contribution in [0.3, 0.4) is 0 Å².